The molecule has 0 radical (unpaired) electrons. The first-order valence-electron chi connectivity index (χ1n) is 11.9. The van der Waals surface area contributed by atoms with Crippen molar-refractivity contribution in [3.63, 3.8) is 0 Å². The molecule has 172 valence electrons. The van der Waals surface area contributed by atoms with Crippen LogP contribution in [0, 0.1) is 12.1 Å². The first-order valence-corrected chi connectivity index (χ1v) is 13.4. The molecule has 0 N–H and O–H groups in total. The minimum absolute atomic E-state index is 1.24. The number of unbranched alkanes of at least 4 members (excludes halogenated alkanes) is 10. The van der Waals surface area contributed by atoms with Crippen molar-refractivity contribution in [1.29, 1.82) is 0 Å². The standard InChI is InChI=1S/2C14H21.Ni.S/c2*1-2-3-4-5-6-8-11-14-12-9-7-10-13-14;;/h2*9-10,12-13H,2-6,8,11H2,1H3;;/q2*-1;;. The zero-order valence-electron chi connectivity index (χ0n) is 19.2. The Kier molecular flexibility index (Phi) is 23.7. The number of hydrogen-bond acceptors (Lipinski definition) is 1. The maximum atomic E-state index is 3.71. The Morgan fingerprint density at radius 3 is 1.17 bits per heavy atom. The average molecular weight is 469 g/mol. The number of hydrogen-bond donors (Lipinski definition) is 0. The van der Waals surface area contributed by atoms with E-state index in [-0.39, 0.29) is 0 Å². The van der Waals surface area contributed by atoms with Crippen LogP contribution in [0.15, 0.2) is 48.5 Å². The average Bonchev–Trinajstić information content (AvgIpc) is 2.82. The van der Waals surface area contributed by atoms with Crippen LogP contribution < -0.4 is 0 Å². The molecule has 0 aromatic heterocycles. The summed E-state index contributed by atoms with van der Waals surface area (Å²) in [6, 6.07) is 22.8. The van der Waals surface area contributed by atoms with Crippen molar-refractivity contribution >= 4 is 10.7 Å². The maximum absolute atomic E-state index is 3.71. The summed E-state index contributed by atoms with van der Waals surface area (Å²) in [5.41, 5.74) is 2.92. The van der Waals surface area contributed by atoms with Crippen LogP contribution in [0.1, 0.15) is 102 Å². The van der Waals surface area contributed by atoms with Crippen molar-refractivity contribution in [1.82, 2.24) is 0 Å². The molecule has 0 aliphatic rings. The normalized spacial score (nSPS) is 9.87. The van der Waals surface area contributed by atoms with E-state index in [0.29, 0.717) is 0 Å². The van der Waals surface area contributed by atoms with Crippen LogP contribution in [0.2, 0.25) is 0 Å². The van der Waals surface area contributed by atoms with Crippen LogP contribution in [0.25, 0.3) is 0 Å². The summed E-state index contributed by atoms with van der Waals surface area (Å²) < 4.78 is 0. The number of aryl methyl sites for hydroxylation is 2. The van der Waals surface area contributed by atoms with Gasteiger partial charge < -0.3 is 0 Å². The van der Waals surface area contributed by atoms with Gasteiger partial charge in [-0.05, 0) is 0 Å². The van der Waals surface area contributed by atoms with Gasteiger partial charge in [0.1, 0.15) is 0 Å². The minimum atomic E-state index is 1.24. The zero-order chi connectivity index (χ0) is 22.1. The monoisotopic (exact) mass is 468 g/mol. The quantitative estimate of drug-likeness (QED) is 0.151. The molecular formula is C28H42NiS-2. The summed E-state index contributed by atoms with van der Waals surface area (Å²) in [4.78, 5) is 0. The molecule has 0 saturated carbocycles. The van der Waals surface area contributed by atoms with Crippen LogP contribution in [0.4, 0.5) is 0 Å². The predicted molar refractivity (Wildman–Crippen MR) is 132 cm³/mol. The van der Waals surface area contributed by atoms with E-state index >= 15 is 0 Å². The second kappa shape index (κ2) is 24.4. The van der Waals surface area contributed by atoms with Gasteiger partial charge >= 0.3 is 24.5 Å². The third-order valence-electron chi connectivity index (χ3n) is 5.21. The van der Waals surface area contributed by atoms with Gasteiger partial charge in [-0.1, -0.05) is 104 Å². The van der Waals surface area contributed by atoms with Gasteiger partial charge in [-0.15, -0.1) is 0 Å². The fourth-order valence-electron chi connectivity index (χ4n) is 3.40. The number of rotatable bonds is 14. The summed E-state index contributed by atoms with van der Waals surface area (Å²) in [6.07, 6.45) is 19.1. The van der Waals surface area contributed by atoms with E-state index < -0.39 is 0 Å². The molecule has 0 aliphatic heterocycles. The summed E-state index contributed by atoms with van der Waals surface area (Å²) in [6.45, 7) is 4.53. The van der Waals surface area contributed by atoms with Crippen molar-refractivity contribution < 1.29 is 13.9 Å². The Bertz CT molecular complexity index is 504. The van der Waals surface area contributed by atoms with E-state index in [4.69, 9.17) is 0 Å². The van der Waals surface area contributed by atoms with Gasteiger partial charge in [0.25, 0.3) is 0 Å². The first-order chi connectivity index (χ1) is 14.9. The molecule has 0 fully saturated rings. The van der Waals surface area contributed by atoms with Crippen molar-refractivity contribution in [2.75, 3.05) is 0 Å². The van der Waals surface area contributed by atoms with E-state index in [1.165, 1.54) is 101 Å². The van der Waals surface area contributed by atoms with E-state index in [9.17, 15) is 0 Å². The molecule has 2 aromatic rings. The van der Waals surface area contributed by atoms with E-state index in [0.717, 1.165) is 0 Å². The molecule has 30 heavy (non-hydrogen) atoms. The molecule has 2 rings (SSSR count). The van der Waals surface area contributed by atoms with Crippen molar-refractivity contribution in [3.8, 4) is 0 Å². The second-order valence-electron chi connectivity index (χ2n) is 7.85. The topological polar surface area (TPSA) is 0 Å². The second-order valence-corrected chi connectivity index (χ2v) is 7.85. The molecule has 0 amide bonds. The van der Waals surface area contributed by atoms with Gasteiger partial charge in [0.15, 0.2) is 0 Å². The summed E-state index contributed by atoms with van der Waals surface area (Å²) in [5.74, 6) is 0. The van der Waals surface area contributed by atoms with Crippen LogP contribution >= 0.6 is 10.7 Å². The SMILES string of the molecule is CCCCCCCCc1cc[c-]cc1.CCCCCCCCc1cc[c-]cc1.[S]=[Ni]. The van der Waals surface area contributed by atoms with Gasteiger partial charge in [-0.3, -0.25) is 0 Å². The van der Waals surface area contributed by atoms with Gasteiger partial charge in [-0.25, -0.2) is 0 Å². The van der Waals surface area contributed by atoms with Crippen LogP contribution in [-0.2, 0) is 26.7 Å². The molecule has 0 heterocycles. The fraction of sp³-hybridized carbons (Fsp3) is 0.571. The van der Waals surface area contributed by atoms with Crippen molar-refractivity contribution in [2.24, 2.45) is 0 Å². The Morgan fingerprint density at radius 2 is 0.833 bits per heavy atom. The molecule has 0 unspecified atom stereocenters. The van der Waals surface area contributed by atoms with Crippen molar-refractivity contribution in [2.45, 2.75) is 104 Å². The van der Waals surface area contributed by atoms with Crippen LogP contribution in [-0.4, -0.2) is 0 Å². The van der Waals surface area contributed by atoms with Crippen molar-refractivity contribution in [3.05, 3.63) is 71.8 Å². The zero-order valence-corrected chi connectivity index (χ0v) is 21.0. The summed E-state index contributed by atoms with van der Waals surface area (Å²) >= 11 is 3.46. The van der Waals surface area contributed by atoms with Crippen LogP contribution in [0.5, 0.6) is 0 Å². The molecule has 0 bridgehead atoms. The molecular weight excluding hydrogens is 427 g/mol. The van der Waals surface area contributed by atoms with E-state index in [2.05, 4.69) is 74.8 Å². The first kappa shape index (κ1) is 29.2. The van der Waals surface area contributed by atoms with Crippen LogP contribution in [0.3, 0.4) is 0 Å². The Hall–Kier alpha value is -0.846. The summed E-state index contributed by atoms with van der Waals surface area (Å²) in [5, 5.41) is 0. The van der Waals surface area contributed by atoms with Gasteiger partial charge in [0.05, 0.1) is 0 Å². The van der Waals surface area contributed by atoms with Gasteiger partial charge in [0.2, 0.25) is 0 Å². The third-order valence-corrected chi connectivity index (χ3v) is 5.21. The molecule has 2 heteroatoms. The third kappa shape index (κ3) is 19.1. The molecule has 0 atom stereocenters. The molecule has 0 saturated heterocycles. The van der Waals surface area contributed by atoms with Gasteiger partial charge in [0, 0.05) is 0 Å². The Labute approximate surface area is 199 Å². The fourth-order valence-corrected chi connectivity index (χ4v) is 3.40. The Balaban J connectivity index is 0.000000518. The number of benzene rings is 2. The van der Waals surface area contributed by atoms with Gasteiger partial charge in [-0.2, -0.15) is 71.8 Å². The Morgan fingerprint density at radius 1 is 0.533 bits per heavy atom. The van der Waals surface area contributed by atoms with E-state index in [1.54, 1.807) is 0 Å². The van der Waals surface area contributed by atoms with E-state index in [1.807, 2.05) is 24.3 Å². The molecule has 0 aliphatic carbocycles. The molecule has 2 aromatic carbocycles. The molecule has 0 nitrogen and oxygen atoms in total. The predicted octanol–water partition coefficient (Wildman–Crippen LogP) is 9.43. The summed E-state index contributed by atoms with van der Waals surface area (Å²) in [7, 11) is 3.71. The molecule has 0 spiro atoms.